The molecule has 0 heterocycles. The Bertz CT molecular complexity index is 585. The molecule has 0 saturated heterocycles. The molecule has 0 aliphatic rings. The Morgan fingerprint density at radius 1 is 1.11 bits per heavy atom. The molecule has 2 aromatic rings. The Labute approximate surface area is 114 Å². The van der Waals surface area contributed by atoms with E-state index in [4.69, 9.17) is 0 Å². The molecule has 0 aliphatic heterocycles. The monoisotopic (exact) mass is 256 g/mol. The lowest BCUT2D eigenvalue weighted by molar-refractivity contribution is -0.121. The zero-order valence-corrected chi connectivity index (χ0v) is 11.7. The fourth-order valence-corrected chi connectivity index (χ4v) is 2.14. The average molecular weight is 256 g/mol. The number of carbonyl (C=O) groups is 1. The number of hydrogen-bond acceptors (Lipinski definition) is 2. The molecule has 2 N–H and O–H groups in total. The number of nitrogens with one attached hydrogen (secondary N) is 2. The molecule has 0 radical (unpaired) electrons. The molecule has 1 amide bonds. The molecule has 0 spiro atoms. The Morgan fingerprint density at radius 2 is 1.79 bits per heavy atom. The molecule has 100 valence electrons. The van der Waals surface area contributed by atoms with Crippen LogP contribution in [0.25, 0.3) is 10.8 Å². The Kier molecular flexibility index (Phi) is 3.86. The van der Waals surface area contributed by atoms with Crippen molar-refractivity contribution in [3.05, 3.63) is 42.5 Å². The quantitative estimate of drug-likeness (QED) is 0.882. The lowest BCUT2D eigenvalue weighted by atomic mass is 10.0. The zero-order chi connectivity index (χ0) is 13.9. The molecule has 3 nitrogen and oxygen atoms in total. The summed E-state index contributed by atoms with van der Waals surface area (Å²) in [4.78, 5) is 12.3. The summed E-state index contributed by atoms with van der Waals surface area (Å²) in [5.41, 5.74) is 0.278. The van der Waals surface area contributed by atoms with Crippen LogP contribution < -0.4 is 10.6 Å². The van der Waals surface area contributed by atoms with Crippen LogP contribution in [0.5, 0.6) is 0 Å². The summed E-state index contributed by atoms with van der Waals surface area (Å²) in [5.74, 6) is -0.0225. The summed E-state index contributed by atoms with van der Waals surface area (Å²) < 4.78 is 0. The number of benzene rings is 2. The van der Waals surface area contributed by atoms with Crippen molar-refractivity contribution in [1.29, 1.82) is 0 Å². The SMILES string of the molecule is CCNC(C)(C)C(=O)Nc1cccc2ccccc12. The van der Waals surface area contributed by atoms with Crippen LogP contribution in [0.15, 0.2) is 42.5 Å². The first-order valence-corrected chi connectivity index (χ1v) is 6.59. The first kappa shape index (κ1) is 13.6. The highest BCUT2D eigenvalue weighted by Crippen LogP contribution is 2.23. The van der Waals surface area contributed by atoms with E-state index >= 15 is 0 Å². The number of fused-ring (bicyclic) bond motifs is 1. The zero-order valence-electron chi connectivity index (χ0n) is 11.7. The topological polar surface area (TPSA) is 41.1 Å². The summed E-state index contributed by atoms with van der Waals surface area (Å²) in [6, 6.07) is 14.0. The second kappa shape index (κ2) is 5.41. The molecule has 0 atom stereocenters. The van der Waals surface area contributed by atoms with Crippen molar-refractivity contribution in [2.75, 3.05) is 11.9 Å². The van der Waals surface area contributed by atoms with Crippen LogP contribution in [0.1, 0.15) is 20.8 Å². The van der Waals surface area contributed by atoms with Gasteiger partial charge in [-0.25, -0.2) is 0 Å². The molecule has 0 fully saturated rings. The molecule has 2 rings (SSSR count). The van der Waals surface area contributed by atoms with Crippen LogP contribution in [0.2, 0.25) is 0 Å². The van der Waals surface area contributed by atoms with Gasteiger partial charge in [0, 0.05) is 11.1 Å². The van der Waals surface area contributed by atoms with E-state index in [1.165, 1.54) is 0 Å². The number of amides is 1. The van der Waals surface area contributed by atoms with Crippen LogP contribution >= 0.6 is 0 Å². The molecule has 0 aliphatic carbocycles. The van der Waals surface area contributed by atoms with Crippen molar-refractivity contribution in [3.63, 3.8) is 0 Å². The number of anilines is 1. The molecule has 0 unspecified atom stereocenters. The van der Waals surface area contributed by atoms with Gasteiger partial charge in [0.2, 0.25) is 5.91 Å². The molecular formula is C16H20N2O. The van der Waals surface area contributed by atoms with Crippen molar-refractivity contribution < 1.29 is 4.79 Å². The van der Waals surface area contributed by atoms with Gasteiger partial charge in [-0.05, 0) is 31.8 Å². The maximum atomic E-state index is 12.3. The van der Waals surface area contributed by atoms with Crippen LogP contribution in [0, 0.1) is 0 Å². The maximum Gasteiger partial charge on any atom is 0.244 e. The minimum Gasteiger partial charge on any atom is -0.324 e. The summed E-state index contributed by atoms with van der Waals surface area (Å²) in [7, 11) is 0. The van der Waals surface area contributed by atoms with E-state index in [2.05, 4.69) is 10.6 Å². The van der Waals surface area contributed by atoms with Crippen molar-refractivity contribution >= 4 is 22.4 Å². The Morgan fingerprint density at radius 3 is 2.53 bits per heavy atom. The van der Waals surface area contributed by atoms with E-state index in [1.54, 1.807) is 0 Å². The van der Waals surface area contributed by atoms with Crippen LogP contribution in [-0.2, 0) is 4.79 Å². The third kappa shape index (κ3) is 2.93. The van der Waals surface area contributed by atoms with Gasteiger partial charge in [-0.15, -0.1) is 0 Å². The highest BCUT2D eigenvalue weighted by molar-refractivity contribution is 6.05. The largest absolute Gasteiger partial charge is 0.324 e. The summed E-state index contributed by atoms with van der Waals surface area (Å²) in [6.45, 7) is 6.52. The number of hydrogen-bond donors (Lipinski definition) is 2. The van der Waals surface area contributed by atoms with E-state index in [0.717, 1.165) is 23.0 Å². The van der Waals surface area contributed by atoms with Gasteiger partial charge in [0.25, 0.3) is 0 Å². The predicted octanol–water partition coefficient (Wildman–Crippen LogP) is 3.17. The van der Waals surface area contributed by atoms with Crippen molar-refractivity contribution in [2.24, 2.45) is 0 Å². The van der Waals surface area contributed by atoms with Gasteiger partial charge in [-0.1, -0.05) is 43.3 Å². The maximum absolute atomic E-state index is 12.3. The highest BCUT2D eigenvalue weighted by atomic mass is 16.2. The van der Waals surface area contributed by atoms with Crippen LogP contribution in [0.4, 0.5) is 5.69 Å². The van der Waals surface area contributed by atoms with Gasteiger partial charge in [0.15, 0.2) is 0 Å². The van der Waals surface area contributed by atoms with E-state index < -0.39 is 5.54 Å². The van der Waals surface area contributed by atoms with Crippen molar-refractivity contribution in [3.8, 4) is 0 Å². The minimum atomic E-state index is -0.578. The average Bonchev–Trinajstić information content (AvgIpc) is 2.39. The van der Waals surface area contributed by atoms with E-state index in [9.17, 15) is 4.79 Å². The number of rotatable bonds is 4. The first-order valence-electron chi connectivity index (χ1n) is 6.59. The second-order valence-corrected chi connectivity index (χ2v) is 5.14. The number of carbonyl (C=O) groups excluding carboxylic acids is 1. The van der Waals surface area contributed by atoms with Gasteiger partial charge < -0.3 is 10.6 Å². The van der Waals surface area contributed by atoms with E-state index in [1.807, 2.05) is 63.2 Å². The molecule has 0 bridgehead atoms. The molecule has 0 saturated carbocycles. The summed E-state index contributed by atoms with van der Waals surface area (Å²) >= 11 is 0. The highest BCUT2D eigenvalue weighted by Gasteiger charge is 2.26. The standard InChI is InChI=1S/C16H20N2O/c1-4-17-16(2,3)15(19)18-14-11-7-9-12-8-5-6-10-13(12)14/h5-11,17H,4H2,1-3H3,(H,18,19). The van der Waals surface area contributed by atoms with E-state index in [0.29, 0.717) is 0 Å². The van der Waals surface area contributed by atoms with Crippen LogP contribution in [0.3, 0.4) is 0 Å². The summed E-state index contributed by atoms with van der Waals surface area (Å²) in [6.07, 6.45) is 0. The predicted molar refractivity (Wildman–Crippen MR) is 80.3 cm³/mol. The molecule has 3 heteroatoms. The van der Waals surface area contributed by atoms with Gasteiger partial charge >= 0.3 is 0 Å². The third-order valence-electron chi connectivity index (χ3n) is 3.22. The van der Waals surface area contributed by atoms with Gasteiger partial charge in [0.05, 0.1) is 5.54 Å². The van der Waals surface area contributed by atoms with Crippen molar-refractivity contribution in [1.82, 2.24) is 5.32 Å². The Hall–Kier alpha value is -1.87. The molecule has 19 heavy (non-hydrogen) atoms. The van der Waals surface area contributed by atoms with Gasteiger partial charge in [-0.3, -0.25) is 4.79 Å². The fourth-order valence-electron chi connectivity index (χ4n) is 2.14. The Balaban J connectivity index is 2.29. The third-order valence-corrected chi connectivity index (χ3v) is 3.22. The molecular weight excluding hydrogens is 236 g/mol. The molecule has 0 aromatic heterocycles. The second-order valence-electron chi connectivity index (χ2n) is 5.14. The van der Waals surface area contributed by atoms with E-state index in [-0.39, 0.29) is 5.91 Å². The first-order chi connectivity index (χ1) is 9.04. The summed E-state index contributed by atoms with van der Waals surface area (Å²) in [5, 5.41) is 8.37. The van der Waals surface area contributed by atoms with Crippen LogP contribution in [-0.4, -0.2) is 18.0 Å². The lowest BCUT2D eigenvalue weighted by Gasteiger charge is -2.24. The van der Waals surface area contributed by atoms with Crippen molar-refractivity contribution in [2.45, 2.75) is 26.3 Å². The molecule has 2 aromatic carbocycles. The normalized spacial score (nSPS) is 11.5. The van der Waals surface area contributed by atoms with Gasteiger partial charge in [-0.2, -0.15) is 0 Å². The minimum absolute atomic E-state index is 0.0225. The fraction of sp³-hybridized carbons (Fsp3) is 0.312. The number of likely N-dealkylation sites (N-methyl/N-ethyl adjacent to an activating group) is 1. The van der Waals surface area contributed by atoms with Gasteiger partial charge in [0.1, 0.15) is 0 Å². The lowest BCUT2D eigenvalue weighted by Crippen LogP contribution is -2.49. The smallest absolute Gasteiger partial charge is 0.244 e.